The van der Waals surface area contributed by atoms with E-state index in [-0.39, 0.29) is 17.7 Å². The van der Waals surface area contributed by atoms with Gasteiger partial charge in [-0.1, -0.05) is 36.4 Å². The molecule has 1 aromatic heterocycles. The minimum Gasteiger partial charge on any atom is -0.369 e. The maximum atomic E-state index is 12.9. The van der Waals surface area contributed by atoms with E-state index in [0.717, 1.165) is 42.0 Å². The van der Waals surface area contributed by atoms with Gasteiger partial charge in [0.25, 0.3) is 5.91 Å². The minimum absolute atomic E-state index is 0.111. The molecule has 4 rings (SSSR count). The summed E-state index contributed by atoms with van der Waals surface area (Å²) in [4.78, 5) is 26.7. The number of amides is 2. The standard InChI is InChI=1S/C24H27N5O2/c1-17-14-22(27-29(17)20-10-3-2-4-11-20)24(31)26-21-12-6-5-8-18(21)15-28-13-7-9-19(16-28)23(25)30/h2-6,8,10-12,14,19H,7,9,13,15-16H2,1H3,(H2,25,30)(H,26,31). The Morgan fingerprint density at radius 2 is 1.87 bits per heavy atom. The van der Waals surface area contributed by atoms with Gasteiger partial charge in [-0.3, -0.25) is 14.5 Å². The summed E-state index contributed by atoms with van der Waals surface area (Å²) < 4.78 is 1.76. The van der Waals surface area contributed by atoms with Gasteiger partial charge < -0.3 is 11.1 Å². The first kappa shape index (κ1) is 20.8. The van der Waals surface area contributed by atoms with Crippen LogP contribution < -0.4 is 11.1 Å². The van der Waals surface area contributed by atoms with E-state index in [2.05, 4.69) is 15.3 Å². The van der Waals surface area contributed by atoms with Crippen molar-refractivity contribution in [1.82, 2.24) is 14.7 Å². The number of nitrogens with zero attached hydrogens (tertiary/aromatic N) is 3. The van der Waals surface area contributed by atoms with E-state index in [4.69, 9.17) is 5.73 Å². The number of benzene rings is 2. The molecule has 0 radical (unpaired) electrons. The van der Waals surface area contributed by atoms with Gasteiger partial charge >= 0.3 is 0 Å². The van der Waals surface area contributed by atoms with Gasteiger partial charge in [0.15, 0.2) is 5.69 Å². The third kappa shape index (κ3) is 4.83. The van der Waals surface area contributed by atoms with E-state index >= 15 is 0 Å². The molecule has 2 amide bonds. The van der Waals surface area contributed by atoms with Gasteiger partial charge in [-0.05, 0) is 56.1 Å². The zero-order valence-electron chi connectivity index (χ0n) is 17.6. The fourth-order valence-electron chi connectivity index (χ4n) is 4.05. The van der Waals surface area contributed by atoms with Crippen LogP contribution in [0, 0.1) is 12.8 Å². The fourth-order valence-corrected chi connectivity index (χ4v) is 4.05. The number of hydrogen-bond acceptors (Lipinski definition) is 4. The molecular weight excluding hydrogens is 390 g/mol. The number of para-hydroxylation sites is 2. The summed E-state index contributed by atoms with van der Waals surface area (Å²) in [6.07, 6.45) is 1.78. The summed E-state index contributed by atoms with van der Waals surface area (Å²) in [6, 6.07) is 19.3. The molecule has 0 bridgehead atoms. The van der Waals surface area contributed by atoms with Gasteiger partial charge in [0.2, 0.25) is 5.91 Å². The van der Waals surface area contributed by atoms with Gasteiger partial charge in [0, 0.05) is 24.5 Å². The third-order valence-electron chi connectivity index (χ3n) is 5.69. The third-order valence-corrected chi connectivity index (χ3v) is 5.69. The van der Waals surface area contributed by atoms with E-state index in [0.29, 0.717) is 18.8 Å². The van der Waals surface area contributed by atoms with E-state index in [9.17, 15) is 9.59 Å². The lowest BCUT2D eigenvalue weighted by Gasteiger charge is -2.31. The number of carbonyl (C=O) groups excluding carboxylic acids is 2. The number of aromatic nitrogens is 2. The number of nitrogens with two attached hydrogens (primary N) is 1. The molecule has 2 heterocycles. The highest BCUT2D eigenvalue weighted by molar-refractivity contribution is 6.03. The molecule has 0 saturated carbocycles. The van der Waals surface area contributed by atoms with Crippen molar-refractivity contribution in [1.29, 1.82) is 0 Å². The number of nitrogens with one attached hydrogen (secondary N) is 1. The van der Waals surface area contributed by atoms with Crippen molar-refractivity contribution in [3.8, 4) is 5.69 Å². The second kappa shape index (κ2) is 9.14. The van der Waals surface area contributed by atoms with Crippen LogP contribution in [0.15, 0.2) is 60.7 Å². The smallest absolute Gasteiger partial charge is 0.276 e. The monoisotopic (exact) mass is 417 g/mol. The molecule has 3 N–H and O–H groups in total. The Morgan fingerprint density at radius 1 is 1.13 bits per heavy atom. The summed E-state index contributed by atoms with van der Waals surface area (Å²) in [5, 5.41) is 7.50. The highest BCUT2D eigenvalue weighted by Gasteiger charge is 2.24. The Bertz CT molecular complexity index is 1080. The number of aryl methyl sites for hydroxylation is 1. The molecule has 1 saturated heterocycles. The van der Waals surface area contributed by atoms with Gasteiger partial charge in [-0.25, -0.2) is 4.68 Å². The number of piperidine rings is 1. The van der Waals surface area contributed by atoms with Crippen LogP contribution in [-0.4, -0.2) is 39.6 Å². The van der Waals surface area contributed by atoms with Crippen molar-refractivity contribution in [3.05, 3.63) is 77.6 Å². The Hall–Kier alpha value is -3.45. The Balaban J connectivity index is 1.49. The van der Waals surface area contributed by atoms with Gasteiger partial charge in [0.05, 0.1) is 11.6 Å². The second-order valence-electron chi connectivity index (χ2n) is 8.01. The van der Waals surface area contributed by atoms with Crippen LogP contribution >= 0.6 is 0 Å². The maximum absolute atomic E-state index is 12.9. The zero-order chi connectivity index (χ0) is 21.8. The van der Waals surface area contributed by atoms with Gasteiger partial charge in [0.1, 0.15) is 0 Å². The van der Waals surface area contributed by atoms with Crippen LogP contribution in [0.4, 0.5) is 5.69 Å². The van der Waals surface area contributed by atoms with E-state index in [1.54, 1.807) is 10.7 Å². The summed E-state index contributed by atoms with van der Waals surface area (Å²) in [7, 11) is 0. The van der Waals surface area contributed by atoms with Gasteiger partial charge in [-0.2, -0.15) is 5.10 Å². The molecule has 7 nitrogen and oxygen atoms in total. The summed E-state index contributed by atoms with van der Waals surface area (Å²) in [5.41, 5.74) is 9.42. The highest BCUT2D eigenvalue weighted by atomic mass is 16.2. The molecule has 7 heteroatoms. The minimum atomic E-state index is -0.251. The lowest BCUT2D eigenvalue weighted by atomic mass is 9.97. The number of rotatable bonds is 6. The lowest BCUT2D eigenvalue weighted by Crippen LogP contribution is -2.40. The summed E-state index contributed by atoms with van der Waals surface area (Å²) in [6.45, 7) is 4.14. The molecule has 1 fully saturated rings. The van der Waals surface area contributed by atoms with Crippen LogP contribution in [0.3, 0.4) is 0 Å². The number of hydrogen-bond donors (Lipinski definition) is 2. The second-order valence-corrected chi connectivity index (χ2v) is 8.01. The van der Waals surface area contributed by atoms with Crippen molar-refractivity contribution < 1.29 is 9.59 Å². The van der Waals surface area contributed by atoms with Crippen LogP contribution in [0.2, 0.25) is 0 Å². The first-order chi connectivity index (χ1) is 15.0. The molecule has 1 aliphatic heterocycles. The molecule has 1 aliphatic rings. The first-order valence-electron chi connectivity index (χ1n) is 10.5. The Kier molecular flexibility index (Phi) is 6.13. The van der Waals surface area contributed by atoms with Crippen molar-refractivity contribution >= 4 is 17.5 Å². The predicted octanol–water partition coefficient (Wildman–Crippen LogP) is 3.13. The van der Waals surface area contributed by atoms with Crippen molar-refractivity contribution in [2.45, 2.75) is 26.3 Å². The largest absolute Gasteiger partial charge is 0.369 e. The summed E-state index contributed by atoms with van der Waals surface area (Å²) in [5.74, 6) is -0.602. The molecule has 160 valence electrons. The van der Waals surface area contributed by atoms with Crippen LogP contribution in [0.1, 0.15) is 34.6 Å². The highest BCUT2D eigenvalue weighted by Crippen LogP contribution is 2.23. The van der Waals surface area contributed by atoms with Gasteiger partial charge in [-0.15, -0.1) is 0 Å². The topological polar surface area (TPSA) is 93.2 Å². The molecule has 3 aromatic rings. The lowest BCUT2D eigenvalue weighted by molar-refractivity contribution is -0.123. The first-order valence-corrected chi connectivity index (χ1v) is 10.5. The normalized spacial score (nSPS) is 16.7. The zero-order valence-corrected chi connectivity index (χ0v) is 17.6. The average Bonchev–Trinajstić information content (AvgIpc) is 3.18. The molecule has 0 spiro atoms. The maximum Gasteiger partial charge on any atom is 0.276 e. The molecule has 1 unspecified atom stereocenters. The van der Waals surface area contributed by atoms with Crippen LogP contribution in [0.25, 0.3) is 5.69 Å². The van der Waals surface area contributed by atoms with Crippen LogP contribution in [0.5, 0.6) is 0 Å². The molecule has 2 aromatic carbocycles. The fraction of sp³-hybridized carbons (Fsp3) is 0.292. The van der Waals surface area contributed by atoms with E-state index in [1.165, 1.54) is 0 Å². The predicted molar refractivity (Wildman–Crippen MR) is 120 cm³/mol. The quantitative estimate of drug-likeness (QED) is 0.644. The van der Waals surface area contributed by atoms with Crippen molar-refractivity contribution in [2.24, 2.45) is 11.7 Å². The Labute approximate surface area is 181 Å². The van der Waals surface area contributed by atoms with Crippen LogP contribution in [-0.2, 0) is 11.3 Å². The number of anilines is 1. The van der Waals surface area contributed by atoms with Crippen molar-refractivity contribution in [2.75, 3.05) is 18.4 Å². The van der Waals surface area contributed by atoms with E-state index in [1.807, 2.05) is 61.5 Å². The molecular formula is C24H27N5O2. The van der Waals surface area contributed by atoms with E-state index < -0.39 is 0 Å². The van der Waals surface area contributed by atoms with Crippen molar-refractivity contribution in [3.63, 3.8) is 0 Å². The molecule has 31 heavy (non-hydrogen) atoms. The average molecular weight is 418 g/mol. The number of primary amides is 1. The SMILES string of the molecule is Cc1cc(C(=O)Nc2ccccc2CN2CCCC(C(N)=O)C2)nn1-c1ccccc1. The summed E-state index contributed by atoms with van der Waals surface area (Å²) >= 11 is 0. The molecule has 1 atom stereocenters. The Morgan fingerprint density at radius 3 is 2.65 bits per heavy atom. The number of likely N-dealkylation sites (tertiary alicyclic amines) is 1. The molecule has 0 aliphatic carbocycles. The number of carbonyl (C=O) groups is 2.